The monoisotopic (exact) mass is 605 g/mol. The van der Waals surface area contributed by atoms with Crippen LogP contribution in [0.3, 0.4) is 0 Å². The fraction of sp³-hybridized carbons (Fsp3) is 0.310. The number of H-pyrrole nitrogens is 1. The van der Waals surface area contributed by atoms with Crippen molar-refractivity contribution < 1.29 is 27.0 Å². The summed E-state index contributed by atoms with van der Waals surface area (Å²) in [6.07, 6.45) is 3.54. The molecule has 43 heavy (non-hydrogen) atoms. The van der Waals surface area contributed by atoms with Gasteiger partial charge in [-0.05, 0) is 49.7 Å². The lowest BCUT2D eigenvalue weighted by molar-refractivity contribution is -0.0721. The second kappa shape index (κ2) is 11.6. The quantitative estimate of drug-likeness (QED) is 0.249. The fourth-order valence-electron chi connectivity index (χ4n) is 5.31. The summed E-state index contributed by atoms with van der Waals surface area (Å²) in [4.78, 5) is 6.59. The van der Waals surface area contributed by atoms with Crippen LogP contribution in [0.15, 0.2) is 64.2 Å². The number of benzene rings is 2. The van der Waals surface area contributed by atoms with Crippen molar-refractivity contribution >= 4 is 26.6 Å². The number of pyridine rings is 1. The first-order valence-electron chi connectivity index (χ1n) is 13.6. The number of sulfonamides is 1. The number of para-hydroxylation sites is 1. The number of ether oxygens (including phenoxy) is 3. The van der Waals surface area contributed by atoms with Crippen molar-refractivity contribution in [3.8, 4) is 34.2 Å². The third-order valence-electron chi connectivity index (χ3n) is 7.09. The van der Waals surface area contributed by atoms with Gasteiger partial charge in [-0.3, -0.25) is 14.7 Å². The molecule has 1 aliphatic rings. The average Bonchev–Trinajstić information content (AvgIpc) is 3.65. The maximum absolute atomic E-state index is 13.3. The largest absolute Gasteiger partial charge is 0.495 e. The normalized spacial score (nSPS) is 17.7. The molecule has 224 valence electrons. The van der Waals surface area contributed by atoms with Crippen LogP contribution in [0.1, 0.15) is 19.7 Å². The molecule has 14 heteroatoms. The Balaban J connectivity index is 1.34. The second-order valence-corrected chi connectivity index (χ2v) is 12.0. The molecule has 5 aromatic rings. The van der Waals surface area contributed by atoms with Crippen LogP contribution >= 0.6 is 0 Å². The van der Waals surface area contributed by atoms with E-state index in [-0.39, 0.29) is 34.4 Å². The molecule has 1 aliphatic heterocycles. The van der Waals surface area contributed by atoms with Crippen LogP contribution in [0.25, 0.3) is 33.5 Å². The van der Waals surface area contributed by atoms with E-state index in [9.17, 15) is 8.42 Å². The molecular formula is C29H31N7O6S. The van der Waals surface area contributed by atoms with Crippen molar-refractivity contribution in [3.05, 3.63) is 60.7 Å². The van der Waals surface area contributed by atoms with Crippen LogP contribution in [-0.4, -0.2) is 78.2 Å². The third kappa shape index (κ3) is 5.89. The van der Waals surface area contributed by atoms with Crippen LogP contribution in [-0.2, 0) is 21.3 Å². The molecule has 4 heterocycles. The van der Waals surface area contributed by atoms with E-state index in [4.69, 9.17) is 18.6 Å². The Labute approximate surface area is 248 Å². The number of aromatic nitrogens is 5. The van der Waals surface area contributed by atoms with Crippen molar-refractivity contribution in [3.63, 3.8) is 0 Å². The molecule has 0 amide bonds. The number of fused-ring (bicyclic) bond motifs is 1. The number of hydrogen-bond donors (Lipinski definition) is 2. The molecule has 2 aromatic carbocycles. The summed E-state index contributed by atoms with van der Waals surface area (Å²) in [5.74, 6) is 1.16. The summed E-state index contributed by atoms with van der Waals surface area (Å²) in [7, 11) is -1.20. The molecule has 0 radical (unpaired) electrons. The number of aromatic amines is 1. The van der Waals surface area contributed by atoms with Gasteiger partial charge < -0.3 is 18.6 Å². The van der Waals surface area contributed by atoms with Gasteiger partial charge in [0, 0.05) is 30.2 Å². The first kappa shape index (κ1) is 28.6. The second-order valence-electron chi connectivity index (χ2n) is 10.3. The lowest BCUT2D eigenvalue weighted by Crippen LogP contribution is -2.44. The number of methoxy groups -OCH3 is 2. The van der Waals surface area contributed by atoms with Crippen molar-refractivity contribution in [2.75, 3.05) is 32.0 Å². The van der Waals surface area contributed by atoms with Crippen molar-refractivity contribution in [1.82, 2.24) is 30.3 Å². The summed E-state index contributed by atoms with van der Waals surface area (Å²) in [5.41, 5.74) is 2.90. The predicted octanol–water partition coefficient (Wildman–Crippen LogP) is 4.10. The molecule has 6 rings (SSSR count). The van der Waals surface area contributed by atoms with E-state index in [1.165, 1.54) is 20.3 Å². The lowest BCUT2D eigenvalue weighted by Gasteiger charge is -2.34. The Morgan fingerprint density at radius 1 is 1.02 bits per heavy atom. The smallest absolute Gasteiger partial charge is 0.265 e. The summed E-state index contributed by atoms with van der Waals surface area (Å²) in [6.45, 7) is 6.16. The van der Waals surface area contributed by atoms with Gasteiger partial charge in [-0.2, -0.15) is 5.10 Å². The highest BCUT2D eigenvalue weighted by molar-refractivity contribution is 7.92. The van der Waals surface area contributed by atoms with E-state index < -0.39 is 10.0 Å². The third-order valence-corrected chi connectivity index (χ3v) is 8.50. The molecule has 0 spiro atoms. The zero-order valence-corrected chi connectivity index (χ0v) is 24.9. The number of rotatable bonds is 9. The van der Waals surface area contributed by atoms with Gasteiger partial charge in [0.15, 0.2) is 0 Å². The molecular weight excluding hydrogens is 574 g/mol. The summed E-state index contributed by atoms with van der Waals surface area (Å²) in [5, 5.41) is 16.7. The van der Waals surface area contributed by atoms with Crippen LogP contribution in [0.5, 0.6) is 11.6 Å². The lowest BCUT2D eigenvalue weighted by atomic mass is 10.0. The Hall–Kier alpha value is -4.53. The minimum absolute atomic E-state index is 0.0145. The van der Waals surface area contributed by atoms with Crippen LogP contribution in [0.4, 0.5) is 5.69 Å². The Morgan fingerprint density at radius 2 is 1.81 bits per heavy atom. The predicted molar refractivity (Wildman–Crippen MR) is 158 cm³/mol. The minimum Gasteiger partial charge on any atom is -0.495 e. The number of nitrogens with zero attached hydrogens (tertiary/aromatic N) is 5. The van der Waals surface area contributed by atoms with Gasteiger partial charge in [0.25, 0.3) is 10.0 Å². The molecule has 0 saturated carbocycles. The fourth-order valence-corrected chi connectivity index (χ4v) is 6.53. The molecule has 1 saturated heterocycles. The van der Waals surface area contributed by atoms with Gasteiger partial charge in [0.1, 0.15) is 16.3 Å². The number of morpholine rings is 1. The summed E-state index contributed by atoms with van der Waals surface area (Å²) >= 11 is 0. The standard InChI is InChI=1S/C29H31N7O6S/c1-17-14-36(15-18(2)41-17)16-27-33-34-28(42-27)21-9-19(10-23-22(21)13-31-32-23)20-11-24(29(40-4)30-12-20)35-43(37,38)26-8-6-5-7-25(26)39-3/h5-13,17-18,35H,14-16H2,1-4H3,(H,31,32)/t17-,18+. The number of hydrogen-bond acceptors (Lipinski definition) is 11. The summed E-state index contributed by atoms with van der Waals surface area (Å²) < 4.78 is 51.8. The minimum atomic E-state index is -4.04. The highest BCUT2D eigenvalue weighted by atomic mass is 32.2. The summed E-state index contributed by atoms with van der Waals surface area (Å²) in [6, 6.07) is 11.8. The Morgan fingerprint density at radius 3 is 2.58 bits per heavy atom. The van der Waals surface area contributed by atoms with Crippen molar-refractivity contribution in [2.45, 2.75) is 37.5 Å². The molecule has 0 aliphatic carbocycles. The van der Waals surface area contributed by atoms with Gasteiger partial charge in [0.2, 0.25) is 17.7 Å². The van der Waals surface area contributed by atoms with E-state index in [0.717, 1.165) is 29.6 Å². The number of nitrogens with one attached hydrogen (secondary N) is 2. The Bertz CT molecular complexity index is 1860. The topological polar surface area (TPSA) is 158 Å². The molecule has 13 nitrogen and oxygen atoms in total. The van der Waals surface area contributed by atoms with E-state index in [2.05, 4.69) is 35.0 Å². The van der Waals surface area contributed by atoms with Crippen LogP contribution in [0, 0.1) is 0 Å². The molecule has 2 atom stereocenters. The van der Waals surface area contributed by atoms with Gasteiger partial charge in [-0.15, -0.1) is 10.2 Å². The first-order chi connectivity index (χ1) is 20.7. The highest BCUT2D eigenvalue weighted by Gasteiger charge is 2.25. The van der Waals surface area contributed by atoms with E-state index in [0.29, 0.717) is 29.5 Å². The highest BCUT2D eigenvalue weighted by Crippen LogP contribution is 2.36. The Kier molecular flexibility index (Phi) is 7.73. The molecule has 3 aromatic heterocycles. The maximum atomic E-state index is 13.3. The van der Waals surface area contributed by atoms with E-state index in [1.54, 1.807) is 36.7 Å². The molecule has 1 fully saturated rings. The SMILES string of the molecule is COc1ccccc1S(=O)(=O)Nc1cc(-c2cc(-c3nnc(CN4C[C@@H](C)O[C@@H](C)C4)o3)c3cn[nH]c3c2)cnc1OC. The zero-order chi connectivity index (χ0) is 30.1. The molecule has 0 bridgehead atoms. The van der Waals surface area contributed by atoms with E-state index in [1.807, 2.05) is 26.0 Å². The van der Waals surface area contributed by atoms with Gasteiger partial charge in [-0.1, -0.05) is 12.1 Å². The van der Waals surface area contributed by atoms with Crippen LogP contribution in [0.2, 0.25) is 0 Å². The van der Waals surface area contributed by atoms with Crippen LogP contribution < -0.4 is 14.2 Å². The molecule has 2 N–H and O–H groups in total. The zero-order valence-electron chi connectivity index (χ0n) is 24.1. The van der Waals surface area contributed by atoms with E-state index >= 15 is 0 Å². The van der Waals surface area contributed by atoms with Crippen molar-refractivity contribution in [2.24, 2.45) is 0 Å². The average molecular weight is 606 g/mol. The van der Waals surface area contributed by atoms with Gasteiger partial charge in [0.05, 0.1) is 50.2 Å². The van der Waals surface area contributed by atoms with Gasteiger partial charge in [-0.25, -0.2) is 13.4 Å². The maximum Gasteiger partial charge on any atom is 0.265 e. The molecule has 0 unspecified atom stereocenters. The van der Waals surface area contributed by atoms with Crippen molar-refractivity contribution in [1.29, 1.82) is 0 Å². The first-order valence-corrected chi connectivity index (χ1v) is 15.1. The number of anilines is 1. The van der Waals surface area contributed by atoms with Gasteiger partial charge >= 0.3 is 0 Å².